The molecule has 3 N–H and O–H groups in total. The van der Waals surface area contributed by atoms with Gasteiger partial charge in [0.15, 0.2) is 0 Å². The largest absolute Gasteiger partial charge is 0.383 e. The predicted molar refractivity (Wildman–Crippen MR) is 74.5 cm³/mol. The second kappa shape index (κ2) is 5.04. The van der Waals surface area contributed by atoms with Crippen LogP contribution in [0.2, 0.25) is 0 Å². The minimum absolute atomic E-state index is 0.0732. The number of nitrogens with zero attached hydrogens (tertiary/aromatic N) is 1. The van der Waals surface area contributed by atoms with Crippen LogP contribution in [-0.4, -0.2) is 16.9 Å². The maximum Gasteiger partial charge on any atom is 0.255 e. The van der Waals surface area contributed by atoms with Crippen LogP contribution in [0.3, 0.4) is 0 Å². The summed E-state index contributed by atoms with van der Waals surface area (Å²) in [5.41, 5.74) is 5.77. The number of halogens is 1. The maximum absolute atomic E-state index is 13.2. The Bertz CT molecular complexity index is 534. The lowest BCUT2D eigenvalue weighted by molar-refractivity contribution is 0.0915. The number of hydrogen-bond donors (Lipinski definition) is 2. The van der Waals surface area contributed by atoms with Gasteiger partial charge in [-0.3, -0.25) is 4.79 Å². The van der Waals surface area contributed by atoms with Gasteiger partial charge in [0.1, 0.15) is 11.6 Å². The Balaban J connectivity index is 1.68. The second-order valence-corrected chi connectivity index (χ2v) is 6.19. The van der Waals surface area contributed by atoms with Crippen LogP contribution in [0.25, 0.3) is 0 Å². The molecule has 1 amide bonds. The SMILES string of the molecule is CC(NC(=O)c1cc(F)cnc1N)C1CC2CCC1C2. The first-order valence-electron chi connectivity index (χ1n) is 7.26. The molecule has 2 saturated carbocycles. The molecule has 108 valence electrons. The topological polar surface area (TPSA) is 68.0 Å². The molecule has 5 heteroatoms. The summed E-state index contributed by atoms with van der Waals surface area (Å²) < 4.78 is 13.2. The number of carbonyl (C=O) groups is 1. The van der Waals surface area contributed by atoms with Crippen molar-refractivity contribution in [3.63, 3.8) is 0 Å². The summed E-state index contributed by atoms with van der Waals surface area (Å²) in [5.74, 6) is 1.31. The van der Waals surface area contributed by atoms with E-state index in [0.717, 1.165) is 24.1 Å². The Morgan fingerprint density at radius 3 is 2.95 bits per heavy atom. The van der Waals surface area contributed by atoms with Gasteiger partial charge in [0.25, 0.3) is 5.91 Å². The molecule has 2 aliphatic carbocycles. The number of nitrogens with one attached hydrogen (secondary N) is 1. The smallest absolute Gasteiger partial charge is 0.255 e. The number of nitrogens with two attached hydrogens (primary N) is 1. The van der Waals surface area contributed by atoms with Gasteiger partial charge in [-0.2, -0.15) is 0 Å². The maximum atomic E-state index is 13.2. The minimum Gasteiger partial charge on any atom is -0.383 e. The zero-order chi connectivity index (χ0) is 14.3. The lowest BCUT2D eigenvalue weighted by atomic mass is 9.84. The monoisotopic (exact) mass is 277 g/mol. The first-order valence-corrected chi connectivity index (χ1v) is 7.26. The van der Waals surface area contributed by atoms with Crippen molar-refractivity contribution >= 4 is 11.7 Å². The number of nitrogen functional groups attached to an aromatic ring is 1. The Labute approximate surface area is 118 Å². The average molecular weight is 277 g/mol. The summed E-state index contributed by atoms with van der Waals surface area (Å²) >= 11 is 0. The Kier molecular flexibility index (Phi) is 3.36. The average Bonchev–Trinajstić information content (AvgIpc) is 3.03. The first-order chi connectivity index (χ1) is 9.54. The minimum atomic E-state index is -0.545. The van der Waals surface area contributed by atoms with Gasteiger partial charge in [-0.15, -0.1) is 0 Å². The van der Waals surface area contributed by atoms with E-state index < -0.39 is 5.82 Å². The first kappa shape index (κ1) is 13.3. The summed E-state index contributed by atoms with van der Waals surface area (Å²) in [6.45, 7) is 2.03. The highest BCUT2D eigenvalue weighted by Crippen LogP contribution is 2.49. The molecule has 1 aromatic heterocycles. The van der Waals surface area contributed by atoms with Crippen LogP contribution in [0, 0.1) is 23.6 Å². The zero-order valence-corrected chi connectivity index (χ0v) is 11.6. The van der Waals surface area contributed by atoms with Gasteiger partial charge in [-0.1, -0.05) is 6.42 Å². The summed E-state index contributed by atoms with van der Waals surface area (Å²) in [6.07, 6.45) is 6.13. The van der Waals surface area contributed by atoms with Crippen molar-refractivity contribution in [3.05, 3.63) is 23.6 Å². The number of carbonyl (C=O) groups excluding carboxylic acids is 1. The van der Waals surface area contributed by atoms with Crippen molar-refractivity contribution in [2.75, 3.05) is 5.73 Å². The van der Waals surface area contributed by atoms with E-state index in [9.17, 15) is 9.18 Å². The lowest BCUT2D eigenvalue weighted by Gasteiger charge is -2.28. The van der Waals surface area contributed by atoms with Gasteiger partial charge in [0.05, 0.1) is 11.8 Å². The van der Waals surface area contributed by atoms with Gasteiger partial charge < -0.3 is 11.1 Å². The third-order valence-electron chi connectivity index (χ3n) is 4.92. The van der Waals surface area contributed by atoms with E-state index in [1.54, 1.807) is 0 Å². The van der Waals surface area contributed by atoms with Gasteiger partial charge in [0.2, 0.25) is 0 Å². The van der Waals surface area contributed by atoms with Gasteiger partial charge >= 0.3 is 0 Å². The summed E-state index contributed by atoms with van der Waals surface area (Å²) in [7, 11) is 0. The number of anilines is 1. The molecule has 0 aromatic carbocycles. The molecule has 4 atom stereocenters. The van der Waals surface area contributed by atoms with Gasteiger partial charge in [0, 0.05) is 6.04 Å². The summed E-state index contributed by atoms with van der Waals surface area (Å²) in [6, 6.07) is 1.24. The normalized spacial score (nSPS) is 29.4. The molecule has 2 aliphatic rings. The number of amides is 1. The van der Waals surface area contributed by atoms with Crippen molar-refractivity contribution in [2.45, 2.75) is 38.6 Å². The molecule has 1 aromatic rings. The molecule has 1 heterocycles. The fraction of sp³-hybridized carbons (Fsp3) is 0.600. The van der Waals surface area contributed by atoms with Crippen LogP contribution in [0.4, 0.5) is 10.2 Å². The third-order valence-corrected chi connectivity index (χ3v) is 4.92. The van der Waals surface area contributed by atoms with Crippen molar-refractivity contribution in [1.82, 2.24) is 10.3 Å². The number of rotatable bonds is 3. The number of hydrogen-bond acceptors (Lipinski definition) is 3. The fourth-order valence-electron chi connectivity index (χ4n) is 3.93. The van der Waals surface area contributed by atoms with Crippen LogP contribution in [-0.2, 0) is 0 Å². The molecular weight excluding hydrogens is 257 g/mol. The Morgan fingerprint density at radius 2 is 2.30 bits per heavy atom. The number of aromatic nitrogens is 1. The molecule has 2 fully saturated rings. The van der Waals surface area contributed by atoms with Crippen molar-refractivity contribution in [2.24, 2.45) is 17.8 Å². The molecule has 0 aliphatic heterocycles. The molecule has 20 heavy (non-hydrogen) atoms. The number of fused-ring (bicyclic) bond motifs is 2. The molecule has 4 nitrogen and oxygen atoms in total. The standard InChI is InChI=1S/C15H20FN3O/c1-8(12-5-9-2-3-10(12)4-9)19-15(20)13-6-11(16)7-18-14(13)17/h6-10,12H,2-5H2,1H3,(H2,17,18)(H,19,20). The van der Waals surface area contributed by atoms with Crippen LogP contribution in [0.1, 0.15) is 43.0 Å². The third kappa shape index (κ3) is 2.37. The second-order valence-electron chi connectivity index (χ2n) is 6.19. The molecular formula is C15H20FN3O. The van der Waals surface area contributed by atoms with Gasteiger partial charge in [-0.05, 0) is 50.0 Å². The Hall–Kier alpha value is -1.65. The van der Waals surface area contributed by atoms with Gasteiger partial charge in [-0.25, -0.2) is 9.37 Å². The molecule has 2 bridgehead atoms. The Morgan fingerprint density at radius 1 is 1.50 bits per heavy atom. The predicted octanol–water partition coefficient (Wildman–Crippen LogP) is 2.36. The van der Waals surface area contributed by atoms with Crippen LogP contribution in [0.5, 0.6) is 0 Å². The fourth-order valence-corrected chi connectivity index (χ4v) is 3.93. The van der Waals surface area contributed by atoms with E-state index in [1.165, 1.54) is 25.7 Å². The molecule has 4 unspecified atom stereocenters. The highest BCUT2D eigenvalue weighted by molar-refractivity contribution is 5.98. The summed E-state index contributed by atoms with van der Waals surface area (Å²) in [5, 5.41) is 2.97. The van der Waals surface area contributed by atoms with E-state index in [1.807, 2.05) is 6.92 Å². The molecule has 0 saturated heterocycles. The highest BCUT2D eigenvalue weighted by atomic mass is 19.1. The van der Waals surface area contributed by atoms with E-state index in [4.69, 9.17) is 5.73 Å². The van der Waals surface area contributed by atoms with E-state index in [2.05, 4.69) is 10.3 Å². The van der Waals surface area contributed by atoms with Crippen LogP contribution < -0.4 is 11.1 Å². The molecule has 0 spiro atoms. The van der Waals surface area contributed by atoms with Crippen molar-refractivity contribution in [1.29, 1.82) is 0 Å². The zero-order valence-electron chi connectivity index (χ0n) is 11.6. The van der Waals surface area contributed by atoms with E-state index in [0.29, 0.717) is 5.92 Å². The van der Waals surface area contributed by atoms with E-state index >= 15 is 0 Å². The summed E-state index contributed by atoms with van der Waals surface area (Å²) in [4.78, 5) is 15.9. The quantitative estimate of drug-likeness (QED) is 0.891. The van der Waals surface area contributed by atoms with Crippen LogP contribution in [0.15, 0.2) is 12.3 Å². The van der Waals surface area contributed by atoms with Crippen molar-refractivity contribution < 1.29 is 9.18 Å². The highest BCUT2D eigenvalue weighted by Gasteiger charge is 2.42. The molecule has 3 rings (SSSR count). The molecule has 0 radical (unpaired) electrons. The lowest BCUT2D eigenvalue weighted by Crippen LogP contribution is -2.40. The van der Waals surface area contributed by atoms with E-state index in [-0.39, 0.29) is 23.3 Å². The van der Waals surface area contributed by atoms with Crippen LogP contribution >= 0.6 is 0 Å². The number of pyridine rings is 1. The van der Waals surface area contributed by atoms with Crippen molar-refractivity contribution in [3.8, 4) is 0 Å².